The minimum absolute atomic E-state index is 0.00245. The predicted molar refractivity (Wildman–Crippen MR) is 70.3 cm³/mol. The van der Waals surface area contributed by atoms with E-state index in [-0.39, 0.29) is 11.0 Å². The molecule has 0 radical (unpaired) electrons. The Morgan fingerprint density at radius 3 is 2.11 bits per heavy atom. The number of carbonyl (C=O) groups excluding carboxylic acids is 1. The highest BCUT2D eigenvalue weighted by Crippen LogP contribution is 2.25. The maximum Gasteiger partial charge on any atom is 0.341 e. The number of rotatable bonds is 1. The number of ether oxygens (including phenoxy) is 1. The van der Waals surface area contributed by atoms with Crippen LogP contribution in [-0.4, -0.2) is 11.6 Å². The van der Waals surface area contributed by atoms with Gasteiger partial charge in [-0.25, -0.2) is 9.18 Å². The highest BCUT2D eigenvalue weighted by atomic mass is 19.1. The van der Waals surface area contributed by atoms with E-state index in [9.17, 15) is 9.18 Å². The van der Waals surface area contributed by atoms with Gasteiger partial charge >= 0.3 is 5.97 Å². The Kier molecular flexibility index (Phi) is 3.84. The number of halogens is 1. The first-order valence-corrected chi connectivity index (χ1v) is 6.04. The van der Waals surface area contributed by atoms with Gasteiger partial charge in [0.1, 0.15) is 11.4 Å². The third kappa shape index (κ3) is 3.83. The van der Waals surface area contributed by atoms with Crippen molar-refractivity contribution in [2.24, 2.45) is 0 Å². The summed E-state index contributed by atoms with van der Waals surface area (Å²) in [6.07, 6.45) is 0. The predicted octanol–water partition coefficient (Wildman–Crippen LogP) is 4.08. The molecule has 0 N–H and O–H groups in total. The first kappa shape index (κ1) is 14.7. The van der Waals surface area contributed by atoms with Crippen molar-refractivity contribution in [1.29, 1.82) is 0 Å². The van der Waals surface area contributed by atoms with E-state index in [1.807, 2.05) is 20.8 Å². The van der Waals surface area contributed by atoms with Gasteiger partial charge in [0.25, 0.3) is 0 Å². The molecule has 0 saturated carbocycles. The first-order chi connectivity index (χ1) is 8.00. The molecule has 0 saturated heterocycles. The number of benzene rings is 1. The number of hydrogen-bond donors (Lipinski definition) is 0. The average Bonchev–Trinajstić information content (AvgIpc) is 2.13. The van der Waals surface area contributed by atoms with Crippen LogP contribution in [0.4, 0.5) is 4.39 Å². The molecule has 100 valence electrons. The highest BCUT2D eigenvalue weighted by Gasteiger charge is 2.23. The maximum atomic E-state index is 13.7. The summed E-state index contributed by atoms with van der Waals surface area (Å²) in [6.45, 7) is 11.3. The Morgan fingerprint density at radius 1 is 1.11 bits per heavy atom. The van der Waals surface area contributed by atoms with Crippen LogP contribution in [0, 0.1) is 5.82 Å². The van der Waals surface area contributed by atoms with E-state index in [1.54, 1.807) is 32.9 Å². The van der Waals surface area contributed by atoms with Crippen LogP contribution in [-0.2, 0) is 10.2 Å². The molecule has 0 aliphatic heterocycles. The largest absolute Gasteiger partial charge is 0.456 e. The van der Waals surface area contributed by atoms with E-state index < -0.39 is 17.4 Å². The van der Waals surface area contributed by atoms with Gasteiger partial charge in [-0.1, -0.05) is 26.8 Å². The van der Waals surface area contributed by atoms with Gasteiger partial charge in [-0.3, -0.25) is 0 Å². The second kappa shape index (κ2) is 4.71. The summed E-state index contributed by atoms with van der Waals surface area (Å²) in [5.41, 5.74) is 0.147. The monoisotopic (exact) mass is 252 g/mol. The fourth-order valence-corrected chi connectivity index (χ4v) is 1.48. The minimum Gasteiger partial charge on any atom is -0.456 e. The van der Waals surface area contributed by atoms with Gasteiger partial charge in [0, 0.05) is 0 Å². The van der Waals surface area contributed by atoms with Gasteiger partial charge in [-0.15, -0.1) is 0 Å². The lowest BCUT2D eigenvalue weighted by Crippen LogP contribution is -2.25. The molecule has 0 aliphatic rings. The topological polar surface area (TPSA) is 26.3 Å². The van der Waals surface area contributed by atoms with Crippen LogP contribution in [0.3, 0.4) is 0 Å². The number of hydrogen-bond acceptors (Lipinski definition) is 2. The lowest BCUT2D eigenvalue weighted by molar-refractivity contribution is 0.00646. The smallest absolute Gasteiger partial charge is 0.341 e. The van der Waals surface area contributed by atoms with E-state index in [1.165, 1.54) is 6.07 Å². The van der Waals surface area contributed by atoms with Crippen molar-refractivity contribution < 1.29 is 13.9 Å². The van der Waals surface area contributed by atoms with Gasteiger partial charge < -0.3 is 4.74 Å². The highest BCUT2D eigenvalue weighted by molar-refractivity contribution is 5.90. The lowest BCUT2D eigenvalue weighted by Gasteiger charge is -2.22. The molecule has 18 heavy (non-hydrogen) atoms. The number of esters is 1. The normalized spacial score (nSPS) is 12.4. The van der Waals surface area contributed by atoms with E-state index >= 15 is 0 Å². The molecule has 3 heteroatoms. The van der Waals surface area contributed by atoms with Crippen molar-refractivity contribution >= 4 is 5.97 Å². The molecule has 0 heterocycles. The summed E-state index contributed by atoms with van der Waals surface area (Å²) in [7, 11) is 0. The van der Waals surface area contributed by atoms with E-state index in [4.69, 9.17) is 4.74 Å². The molecular weight excluding hydrogens is 231 g/mol. The van der Waals surface area contributed by atoms with Gasteiger partial charge in [-0.05, 0) is 43.9 Å². The van der Waals surface area contributed by atoms with Crippen LogP contribution in [0.5, 0.6) is 0 Å². The van der Waals surface area contributed by atoms with E-state index in [0.29, 0.717) is 0 Å². The Morgan fingerprint density at radius 2 is 1.67 bits per heavy atom. The second-order valence-corrected chi connectivity index (χ2v) is 6.45. The molecule has 1 aromatic carbocycles. The molecule has 0 aromatic heterocycles. The van der Waals surface area contributed by atoms with Crippen LogP contribution < -0.4 is 0 Å². The molecule has 1 aromatic rings. The van der Waals surface area contributed by atoms with Gasteiger partial charge in [-0.2, -0.15) is 0 Å². The fourth-order valence-electron chi connectivity index (χ4n) is 1.48. The molecular formula is C15H21FO2. The summed E-state index contributed by atoms with van der Waals surface area (Å²) in [6, 6.07) is 4.59. The van der Waals surface area contributed by atoms with Gasteiger partial charge in [0.05, 0.1) is 5.56 Å². The van der Waals surface area contributed by atoms with Crippen LogP contribution in [0.1, 0.15) is 57.5 Å². The Bertz CT molecular complexity index is 451. The summed E-state index contributed by atoms with van der Waals surface area (Å²) in [5, 5.41) is 0. The second-order valence-electron chi connectivity index (χ2n) is 6.45. The molecule has 0 atom stereocenters. The molecule has 0 fully saturated rings. The van der Waals surface area contributed by atoms with Crippen molar-refractivity contribution in [2.75, 3.05) is 0 Å². The molecule has 1 rings (SSSR count). The van der Waals surface area contributed by atoms with Gasteiger partial charge in [0.2, 0.25) is 0 Å². The van der Waals surface area contributed by atoms with Crippen LogP contribution in [0.25, 0.3) is 0 Å². The SMILES string of the molecule is CC(C)(C)OC(=O)c1cc(C(C)(C)C)ccc1F. The Hall–Kier alpha value is -1.38. The summed E-state index contributed by atoms with van der Waals surface area (Å²) in [4.78, 5) is 11.9. The van der Waals surface area contributed by atoms with Crippen LogP contribution in [0.15, 0.2) is 18.2 Å². The minimum atomic E-state index is -0.624. The van der Waals surface area contributed by atoms with E-state index in [0.717, 1.165) is 5.56 Å². The summed E-state index contributed by atoms with van der Waals surface area (Å²) in [5.74, 6) is -1.16. The standard InChI is InChI=1S/C15H21FO2/c1-14(2,3)10-7-8-12(16)11(9-10)13(17)18-15(4,5)6/h7-9H,1-6H3. The van der Waals surface area contributed by atoms with Crippen LogP contribution in [0.2, 0.25) is 0 Å². The molecule has 0 spiro atoms. The zero-order valence-corrected chi connectivity index (χ0v) is 11.9. The third-order valence-electron chi connectivity index (χ3n) is 2.45. The van der Waals surface area contributed by atoms with Gasteiger partial charge in [0.15, 0.2) is 0 Å². The third-order valence-corrected chi connectivity index (χ3v) is 2.45. The van der Waals surface area contributed by atoms with Crippen molar-refractivity contribution in [2.45, 2.75) is 52.6 Å². The summed E-state index contributed by atoms with van der Waals surface area (Å²) >= 11 is 0. The Labute approximate surface area is 108 Å². The Balaban J connectivity index is 3.13. The molecule has 0 amide bonds. The number of carbonyl (C=O) groups is 1. The quantitative estimate of drug-likeness (QED) is 0.704. The van der Waals surface area contributed by atoms with Crippen molar-refractivity contribution in [3.05, 3.63) is 35.1 Å². The first-order valence-electron chi connectivity index (χ1n) is 6.04. The lowest BCUT2D eigenvalue weighted by atomic mass is 9.86. The van der Waals surface area contributed by atoms with Crippen molar-refractivity contribution in [3.8, 4) is 0 Å². The summed E-state index contributed by atoms with van der Waals surface area (Å²) < 4.78 is 18.9. The van der Waals surface area contributed by atoms with Crippen LogP contribution >= 0.6 is 0 Å². The average molecular weight is 252 g/mol. The zero-order valence-electron chi connectivity index (χ0n) is 11.9. The zero-order chi connectivity index (χ0) is 14.1. The molecule has 2 nitrogen and oxygen atoms in total. The van der Waals surface area contributed by atoms with Crippen molar-refractivity contribution in [3.63, 3.8) is 0 Å². The molecule has 0 unspecified atom stereocenters. The molecule has 0 aliphatic carbocycles. The van der Waals surface area contributed by atoms with E-state index in [2.05, 4.69) is 0 Å². The fraction of sp³-hybridized carbons (Fsp3) is 0.533. The molecule has 0 bridgehead atoms. The van der Waals surface area contributed by atoms with Crippen molar-refractivity contribution in [1.82, 2.24) is 0 Å². The maximum absolute atomic E-state index is 13.7.